The highest BCUT2D eigenvalue weighted by Crippen LogP contribution is 2.15. The van der Waals surface area contributed by atoms with Gasteiger partial charge in [-0.15, -0.1) is 0 Å². The molecule has 0 saturated heterocycles. The quantitative estimate of drug-likeness (QED) is 0.316. The molecule has 6 nitrogen and oxygen atoms in total. The number of aliphatic imine (C=N–C) groups is 1. The Morgan fingerprint density at radius 1 is 1.12 bits per heavy atom. The lowest BCUT2D eigenvalue weighted by Gasteiger charge is -2.13. The van der Waals surface area contributed by atoms with E-state index >= 15 is 0 Å². The van der Waals surface area contributed by atoms with E-state index in [-0.39, 0.29) is 5.75 Å². The van der Waals surface area contributed by atoms with Crippen LogP contribution in [0.5, 0.6) is 5.75 Å². The summed E-state index contributed by atoms with van der Waals surface area (Å²) in [6, 6.07) is 6.54. The summed E-state index contributed by atoms with van der Waals surface area (Å²) in [5.74, 6) is 0.741. The lowest BCUT2D eigenvalue weighted by atomic mass is 10.2. The van der Waals surface area contributed by atoms with Crippen molar-refractivity contribution in [2.45, 2.75) is 32.9 Å². The number of nitrogens with one attached hydrogen (secondary N) is 2. The summed E-state index contributed by atoms with van der Waals surface area (Å²) in [6.45, 7) is 2.81. The Morgan fingerprint density at radius 2 is 1.88 bits per heavy atom. The van der Waals surface area contributed by atoms with Gasteiger partial charge in [-0.05, 0) is 24.1 Å². The molecule has 0 heterocycles. The fourth-order valence-electron chi connectivity index (χ4n) is 2.05. The van der Waals surface area contributed by atoms with Gasteiger partial charge in [-0.25, -0.2) is 0 Å². The van der Waals surface area contributed by atoms with Crippen LogP contribution in [0, 0.1) is 0 Å². The topological polar surface area (TPSA) is 64.1 Å². The van der Waals surface area contributed by atoms with Gasteiger partial charge < -0.3 is 24.8 Å². The van der Waals surface area contributed by atoms with E-state index in [1.54, 1.807) is 19.2 Å². The van der Waals surface area contributed by atoms with Gasteiger partial charge in [0.25, 0.3) is 0 Å². The van der Waals surface area contributed by atoms with E-state index in [4.69, 9.17) is 9.47 Å². The first-order valence-electron chi connectivity index (χ1n) is 8.79. The van der Waals surface area contributed by atoms with Crippen LogP contribution in [0.3, 0.4) is 0 Å². The normalized spacial score (nSPS) is 11.7. The SMILES string of the molecule is CCCCOCCOCCNC(=NC)NCc1cccc(OC(F)F)c1. The van der Waals surface area contributed by atoms with E-state index < -0.39 is 6.61 Å². The fraction of sp³-hybridized carbons (Fsp3) is 0.611. The average Bonchev–Trinajstić information content (AvgIpc) is 2.62. The lowest BCUT2D eigenvalue weighted by molar-refractivity contribution is -0.0498. The molecule has 8 heteroatoms. The second-order valence-corrected chi connectivity index (χ2v) is 5.46. The summed E-state index contributed by atoms with van der Waals surface area (Å²) in [7, 11) is 1.66. The first-order chi connectivity index (χ1) is 12.7. The average molecular weight is 373 g/mol. The molecule has 0 amide bonds. The van der Waals surface area contributed by atoms with Crippen molar-refractivity contribution in [3.63, 3.8) is 0 Å². The number of benzene rings is 1. The summed E-state index contributed by atoms with van der Waals surface area (Å²) in [5, 5.41) is 6.23. The Labute approximate surface area is 153 Å². The Balaban J connectivity index is 2.17. The van der Waals surface area contributed by atoms with Gasteiger partial charge in [0.2, 0.25) is 0 Å². The largest absolute Gasteiger partial charge is 0.435 e. The van der Waals surface area contributed by atoms with Gasteiger partial charge in [-0.3, -0.25) is 4.99 Å². The van der Waals surface area contributed by atoms with E-state index in [1.165, 1.54) is 6.07 Å². The lowest BCUT2D eigenvalue weighted by Crippen LogP contribution is -2.38. The minimum Gasteiger partial charge on any atom is -0.435 e. The van der Waals surface area contributed by atoms with Crippen LogP contribution in [0.2, 0.25) is 0 Å². The number of halogens is 2. The van der Waals surface area contributed by atoms with Crippen LogP contribution < -0.4 is 15.4 Å². The van der Waals surface area contributed by atoms with Crippen molar-refractivity contribution in [1.82, 2.24) is 10.6 Å². The molecule has 0 aliphatic heterocycles. The number of rotatable bonds is 13. The first kappa shape index (κ1) is 22.1. The second kappa shape index (κ2) is 14.3. The molecule has 0 fully saturated rings. The van der Waals surface area contributed by atoms with E-state index in [1.807, 2.05) is 6.07 Å². The molecule has 2 N–H and O–H groups in total. The van der Waals surface area contributed by atoms with Crippen LogP contribution in [-0.4, -0.2) is 52.6 Å². The minimum atomic E-state index is -2.83. The highest BCUT2D eigenvalue weighted by molar-refractivity contribution is 5.79. The number of hydrogen-bond donors (Lipinski definition) is 2. The number of nitrogens with zero attached hydrogens (tertiary/aromatic N) is 1. The van der Waals surface area contributed by atoms with Crippen LogP contribution in [-0.2, 0) is 16.0 Å². The Kier molecular flexibility index (Phi) is 12.1. The van der Waals surface area contributed by atoms with Crippen molar-refractivity contribution in [2.24, 2.45) is 4.99 Å². The molecule has 148 valence electrons. The number of ether oxygens (including phenoxy) is 3. The Bertz CT molecular complexity index is 516. The highest BCUT2D eigenvalue weighted by atomic mass is 19.3. The summed E-state index contributed by atoms with van der Waals surface area (Å²) in [5.41, 5.74) is 0.812. The molecule has 0 aromatic heterocycles. The standard InChI is InChI=1S/C18H29F2N3O3/c1-3-4-9-24-11-12-25-10-8-22-18(21-2)23-14-15-6-5-7-16(13-15)26-17(19)20/h5-7,13,17H,3-4,8-12,14H2,1-2H3,(H2,21,22,23). The van der Waals surface area contributed by atoms with Gasteiger partial charge in [-0.1, -0.05) is 25.5 Å². The van der Waals surface area contributed by atoms with Crippen LogP contribution in [0.25, 0.3) is 0 Å². The molecule has 1 aromatic carbocycles. The van der Waals surface area contributed by atoms with E-state index in [2.05, 4.69) is 27.3 Å². The number of hydrogen-bond acceptors (Lipinski definition) is 4. The zero-order valence-corrected chi connectivity index (χ0v) is 15.5. The van der Waals surface area contributed by atoms with Gasteiger partial charge >= 0.3 is 6.61 Å². The van der Waals surface area contributed by atoms with E-state index in [9.17, 15) is 8.78 Å². The molecule has 0 spiro atoms. The van der Waals surface area contributed by atoms with Gasteiger partial charge in [-0.2, -0.15) is 8.78 Å². The predicted octanol–water partition coefficient (Wildman–Crippen LogP) is 2.79. The van der Waals surface area contributed by atoms with Gasteiger partial charge in [0.15, 0.2) is 5.96 Å². The van der Waals surface area contributed by atoms with Crippen molar-refractivity contribution in [1.29, 1.82) is 0 Å². The minimum absolute atomic E-state index is 0.136. The fourth-order valence-corrected chi connectivity index (χ4v) is 2.05. The van der Waals surface area contributed by atoms with Gasteiger partial charge in [0.1, 0.15) is 5.75 Å². The van der Waals surface area contributed by atoms with E-state index in [0.717, 1.165) is 25.0 Å². The van der Waals surface area contributed by atoms with Gasteiger partial charge in [0, 0.05) is 26.7 Å². The number of alkyl halides is 2. The monoisotopic (exact) mass is 373 g/mol. The van der Waals surface area contributed by atoms with Crippen molar-refractivity contribution < 1.29 is 23.0 Å². The number of unbranched alkanes of at least 4 members (excludes halogenated alkanes) is 1. The molecule has 26 heavy (non-hydrogen) atoms. The summed E-state index contributed by atoms with van der Waals surface area (Å²) in [4.78, 5) is 4.10. The van der Waals surface area contributed by atoms with Crippen LogP contribution in [0.4, 0.5) is 8.78 Å². The van der Waals surface area contributed by atoms with Crippen molar-refractivity contribution >= 4 is 5.96 Å². The molecule has 0 aliphatic rings. The third-order valence-corrected chi connectivity index (χ3v) is 3.36. The van der Waals surface area contributed by atoms with Crippen LogP contribution >= 0.6 is 0 Å². The first-order valence-corrected chi connectivity index (χ1v) is 8.79. The van der Waals surface area contributed by atoms with Gasteiger partial charge in [0.05, 0.1) is 19.8 Å². The zero-order valence-electron chi connectivity index (χ0n) is 15.5. The second-order valence-electron chi connectivity index (χ2n) is 5.46. The molecular formula is C18H29F2N3O3. The third-order valence-electron chi connectivity index (χ3n) is 3.36. The smallest absolute Gasteiger partial charge is 0.387 e. The zero-order chi connectivity index (χ0) is 19.0. The predicted molar refractivity (Wildman–Crippen MR) is 97.8 cm³/mol. The maximum absolute atomic E-state index is 12.2. The molecule has 0 bridgehead atoms. The molecule has 0 saturated carbocycles. The van der Waals surface area contributed by atoms with Crippen molar-refractivity contribution in [2.75, 3.05) is 40.0 Å². The molecule has 0 unspecified atom stereocenters. The highest BCUT2D eigenvalue weighted by Gasteiger charge is 2.05. The summed E-state index contributed by atoms with van der Waals surface area (Å²) >= 11 is 0. The summed E-state index contributed by atoms with van der Waals surface area (Å²) in [6.07, 6.45) is 2.20. The maximum Gasteiger partial charge on any atom is 0.387 e. The molecular weight excluding hydrogens is 344 g/mol. The van der Waals surface area contributed by atoms with Crippen molar-refractivity contribution in [3.8, 4) is 5.75 Å². The van der Waals surface area contributed by atoms with E-state index in [0.29, 0.717) is 38.9 Å². The summed E-state index contributed by atoms with van der Waals surface area (Å²) < 4.78 is 39.7. The molecule has 1 aromatic rings. The molecule has 0 atom stereocenters. The van der Waals surface area contributed by atoms with Crippen LogP contribution in [0.15, 0.2) is 29.3 Å². The maximum atomic E-state index is 12.2. The number of guanidine groups is 1. The molecule has 1 rings (SSSR count). The van der Waals surface area contributed by atoms with Crippen molar-refractivity contribution in [3.05, 3.63) is 29.8 Å². The Hall–Kier alpha value is -1.93. The van der Waals surface area contributed by atoms with Crippen LogP contribution in [0.1, 0.15) is 25.3 Å². The Morgan fingerprint density at radius 3 is 2.58 bits per heavy atom. The third kappa shape index (κ3) is 10.8. The molecule has 0 aliphatic carbocycles. The molecule has 0 radical (unpaired) electrons.